The van der Waals surface area contributed by atoms with Crippen molar-refractivity contribution in [1.29, 1.82) is 0 Å². The van der Waals surface area contributed by atoms with E-state index in [0.29, 0.717) is 5.69 Å². The molecule has 0 bridgehead atoms. The average molecular weight is 275 g/mol. The van der Waals surface area contributed by atoms with E-state index in [-0.39, 0.29) is 0 Å². The number of hydrogen-bond donors (Lipinski definition) is 2. The van der Waals surface area contributed by atoms with E-state index in [1.165, 1.54) is 4.88 Å². The molecule has 0 radical (unpaired) electrons. The Balaban J connectivity index is 2.26. The molecular weight excluding hydrogens is 258 g/mol. The van der Waals surface area contributed by atoms with Crippen molar-refractivity contribution in [2.75, 3.05) is 0 Å². The fourth-order valence-corrected chi connectivity index (χ4v) is 2.81. The van der Waals surface area contributed by atoms with Crippen LogP contribution in [0.4, 0.5) is 0 Å². The number of nitrogens with one attached hydrogen (secondary N) is 1. The van der Waals surface area contributed by atoms with Gasteiger partial charge in [-0.15, -0.1) is 11.3 Å². The molecule has 0 aromatic carbocycles. The first-order valence-corrected chi connectivity index (χ1v) is 7.06. The molecule has 0 aliphatic rings. The Bertz CT molecular complexity index is 610. The lowest BCUT2D eigenvalue weighted by molar-refractivity contribution is 0.0995. The third-order valence-corrected chi connectivity index (χ3v) is 3.92. The number of aromatic nitrogens is 2. The monoisotopic (exact) mass is 275 g/mol. The molecule has 0 atom stereocenters. The number of rotatable bonds is 5. The van der Waals surface area contributed by atoms with E-state index in [9.17, 15) is 4.79 Å². The molecule has 2 aromatic heterocycles. The van der Waals surface area contributed by atoms with Gasteiger partial charge in [-0.2, -0.15) is 5.10 Å². The molecule has 3 N–H and O–H groups in total. The minimum atomic E-state index is -0.500. The van der Waals surface area contributed by atoms with Gasteiger partial charge in [0.25, 0.3) is 5.91 Å². The molecule has 4 nitrogen and oxygen atoms in total. The summed E-state index contributed by atoms with van der Waals surface area (Å²) in [6, 6.07) is 4.10. The SMILES string of the molecule is CCCC=Cc1ccc(-c2[nH]nc(C(N)=O)c2C)s1. The normalized spacial score (nSPS) is 11.3. The van der Waals surface area contributed by atoms with Crippen molar-refractivity contribution >= 4 is 23.3 Å². The number of nitrogens with two attached hydrogens (primary N) is 1. The number of amides is 1. The maximum absolute atomic E-state index is 11.2. The van der Waals surface area contributed by atoms with Crippen molar-refractivity contribution in [3.8, 4) is 10.6 Å². The van der Waals surface area contributed by atoms with Gasteiger partial charge < -0.3 is 5.73 Å². The van der Waals surface area contributed by atoms with Crippen LogP contribution in [0.5, 0.6) is 0 Å². The van der Waals surface area contributed by atoms with Crippen LogP contribution < -0.4 is 5.73 Å². The maximum Gasteiger partial charge on any atom is 0.269 e. The van der Waals surface area contributed by atoms with E-state index in [0.717, 1.165) is 29.0 Å². The number of carbonyl (C=O) groups is 1. The number of thiophene rings is 1. The zero-order valence-electron chi connectivity index (χ0n) is 11.1. The number of aromatic amines is 1. The van der Waals surface area contributed by atoms with Crippen molar-refractivity contribution in [1.82, 2.24) is 10.2 Å². The van der Waals surface area contributed by atoms with Gasteiger partial charge in [0.2, 0.25) is 0 Å². The fraction of sp³-hybridized carbons (Fsp3) is 0.286. The van der Waals surface area contributed by atoms with Gasteiger partial charge in [0, 0.05) is 10.4 Å². The highest BCUT2D eigenvalue weighted by atomic mass is 32.1. The Labute approximate surface area is 116 Å². The first kappa shape index (κ1) is 13.5. The van der Waals surface area contributed by atoms with Crippen LogP contribution in [-0.4, -0.2) is 16.1 Å². The molecule has 2 heterocycles. The number of H-pyrrole nitrogens is 1. The largest absolute Gasteiger partial charge is 0.364 e. The molecule has 0 saturated heterocycles. The average Bonchev–Trinajstić information content (AvgIpc) is 2.96. The number of primary amides is 1. The number of hydrogen-bond acceptors (Lipinski definition) is 3. The molecule has 100 valence electrons. The number of nitrogens with zero attached hydrogens (tertiary/aromatic N) is 1. The summed E-state index contributed by atoms with van der Waals surface area (Å²) in [5.41, 5.74) is 7.25. The van der Waals surface area contributed by atoms with E-state index in [1.54, 1.807) is 11.3 Å². The van der Waals surface area contributed by atoms with Gasteiger partial charge in [-0.25, -0.2) is 0 Å². The minimum absolute atomic E-state index is 0.312. The van der Waals surface area contributed by atoms with Gasteiger partial charge in [-0.1, -0.05) is 19.4 Å². The number of carbonyl (C=O) groups excluding carboxylic acids is 1. The summed E-state index contributed by atoms with van der Waals surface area (Å²) in [6.07, 6.45) is 6.53. The van der Waals surface area contributed by atoms with Crippen LogP contribution in [0.15, 0.2) is 18.2 Å². The molecule has 2 aromatic rings. The molecular formula is C14H17N3OS. The second-order valence-corrected chi connectivity index (χ2v) is 5.44. The van der Waals surface area contributed by atoms with Crippen molar-refractivity contribution < 1.29 is 4.79 Å². The molecule has 19 heavy (non-hydrogen) atoms. The molecule has 0 aliphatic carbocycles. The summed E-state index contributed by atoms with van der Waals surface area (Å²) in [5.74, 6) is -0.500. The van der Waals surface area contributed by atoms with Crippen molar-refractivity contribution in [2.24, 2.45) is 5.73 Å². The van der Waals surface area contributed by atoms with Crippen molar-refractivity contribution in [3.63, 3.8) is 0 Å². The summed E-state index contributed by atoms with van der Waals surface area (Å²) in [7, 11) is 0. The zero-order chi connectivity index (χ0) is 13.8. The summed E-state index contributed by atoms with van der Waals surface area (Å²) >= 11 is 1.67. The van der Waals surface area contributed by atoms with Crippen LogP contribution in [0.2, 0.25) is 0 Å². The van der Waals surface area contributed by atoms with Crippen LogP contribution in [0.25, 0.3) is 16.6 Å². The summed E-state index contributed by atoms with van der Waals surface area (Å²) in [4.78, 5) is 13.4. The van der Waals surface area contributed by atoms with Gasteiger partial charge in [0.05, 0.1) is 10.6 Å². The standard InChI is InChI=1S/C14H17N3OS/c1-3-4-5-6-10-7-8-11(19-10)12-9(2)13(14(15)18)17-16-12/h5-8H,3-4H2,1-2H3,(H2,15,18)(H,16,17). The first-order chi connectivity index (χ1) is 9.13. The third-order valence-electron chi connectivity index (χ3n) is 2.85. The van der Waals surface area contributed by atoms with Crippen molar-refractivity contribution in [3.05, 3.63) is 34.3 Å². The van der Waals surface area contributed by atoms with Crippen LogP contribution in [0, 0.1) is 6.92 Å². The molecule has 0 fully saturated rings. The Hall–Kier alpha value is -1.88. The van der Waals surface area contributed by atoms with Gasteiger partial charge >= 0.3 is 0 Å². The van der Waals surface area contributed by atoms with Crippen molar-refractivity contribution in [2.45, 2.75) is 26.7 Å². The van der Waals surface area contributed by atoms with E-state index < -0.39 is 5.91 Å². The summed E-state index contributed by atoms with van der Waals surface area (Å²) in [6.45, 7) is 4.01. The first-order valence-electron chi connectivity index (χ1n) is 6.25. The molecule has 0 spiro atoms. The predicted molar refractivity (Wildman–Crippen MR) is 79.1 cm³/mol. The van der Waals surface area contributed by atoms with E-state index >= 15 is 0 Å². The van der Waals surface area contributed by atoms with E-state index in [4.69, 9.17) is 5.73 Å². The Morgan fingerprint density at radius 3 is 2.95 bits per heavy atom. The topological polar surface area (TPSA) is 71.8 Å². The molecule has 5 heteroatoms. The van der Waals surface area contributed by atoms with E-state index in [2.05, 4.69) is 35.3 Å². The molecule has 1 amide bonds. The molecule has 0 aliphatic heterocycles. The Kier molecular flexibility index (Phi) is 4.16. The number of unbranched alkanes of at least 4 members (excludes halogenated alkanes) is 1. The molecule has 2 rings (SSSR count). The lowest BCUT2D eigenvalue weighted by Gasteiger charge is -1.94. The minimum Gasteiger partial charge on any atom is -0.364 e. The molecule has 0 saturated carbocycles. The third kappa shape index (κ3) is 2.93. The maximum atomic E-state index is 11.2. The summed E-state index contributed by atoms with van der Waals surface area (Å²) in [5, 5.41) is 6.85. The smallest absolute Gasteiger partial charge is 0.269 e. The van der Waals surface area contributed by atoms with Gasteiger partial charge in [0.15, 0.2) is 5.69 Å². The van der Waals surface area contributed by atoms with Crippen LogP contribution in [0.1, 0.15) is 40.7 Å². The molecule has 0 unspecified atom stereocenters. The highest BCUT2D eigenvalue weighted by molar-refractivity contribution is 7.16. The fourth-order valence-electron chi connectivity index (χ4n) is 1.82. The second-order valence-electron chi connectivity index (χ2n) is 4.33. The second kappa shape index (κ2) is 5.84. The van der Waals surface area contributed by atoms with Crippen LogP contribution in [-0.2, 0) is 0 Å². The van der Waals surface area contributed by atoms with Crippen LogP contribution >= 0.6 is 11.3 Å². The Morgan fingerprint density at radius 1 is 1.53 bits per heavy atom. The Morgan fingerprint density at radius 2 is 2.32 bits per heavy atom. The highest BCUT2D eigenvalue weighted by Crippen LogP contribution is 2.30. The van der Waals surface area contributed by atoms with E-state index in [1.807, 2.05) is 13.0 Å². The van der Waals surface area contributed by atoms with Crippen LogP contribution in [0.3, 0.4) is 0 Å². The highest BCUT2D eigenvalue weighted by Gasteiger charge is 2.15. The lowest BCUT2D eigenvalue weighted by Crippen LogP contribution is -2.12. The zero-order valence-corrected chi connectivity index (χ0v) is 11.9. The van der Waals surface area contributed by atoms with Gasteiger partial charge in [0.1, 0.15) is 0 Å². The van der Waals surface area contributed by atoms with Gasteiger partial charge in [-0.3, -0.25) is 9.89 Å². The quantitative estimate of drug-likeness (QED) is 0.878. The predicted octanol–water partition coefficient (Wildman–Crippen LogP) is 3.36. The van der Waals surface area contributed by atoms with Gasteiger partial charge in [-0.05, 0) is 31.6 Å². The lowest BCUT2D eigenvalue weighted by atomic mass is 10.2. The number of allylic oxidation sites excluding steroid dienone is 1. The summed E-state index contributed by atoms with van der Waals surface area (Å²) < 4.78 is 0.